The zero-order valence-electron chi connectivity index (χ0n) is 17.0. The van der Waals surface area contributed by atoms with Crippen LogP contribution in [0.2, 0.25) is 0 Å². The number of aryl methyl sites for hydroxylation is 1. The van der Waals surface area contributed by atoms with Gasteiger partial charge in [-0.1, -0.05) is 30.3 Å². The van der Waals surface area contributed by atoms with Crippen molar-refractivity contribution < 1.29 is 23.5 Å². The number of carbonyl (C=O) groups is 2. The van der Waals surface area contributed by atoms with Crippen LogP contribution in [0.1, 0.15) is 18.1 Å². The highest BCUT2D eigenvalue weighted by molar-refractivity contribution is 5.87. The summed E-state index contributed by atoms with van der Waals surface area (Å²) in [5.41, 5.74) is 1.61. The van der Waals surface area contributed by atoms with Crippen molar-refractivity contribution in [3.8, 4) is 5.75 Å². The highest BCUT2D eigenvalue weighted by atomic mass is 16.5. The van der Waals surface area contributed by atoms with E-state index in [2.05, 4.69) is 5.32 Å². The Morgan fingerprint density at radius 1 is 1.10 bits per heavy atom. The van der Waals surface area contributed by atoms with Crippen molar-refractivity contribution in [2.45, 2.75) is 32.4 Å². The Balaban J connectivity index is 1.71. The third-order valence-corrected chi connectivity index (χ3v) is 4.69. The zero-order valence-corrected chi connectivity index (χ0v) is 17.0. The smallest absolute Gasteiger partial charge is 0.336 e. The largest absolute Gasteiger partial charge is 0.481 e. The molecule has 3 rings (SSSR count). The first-order valence-corrected chi connectivity index (χ1v) is 9.50. The molecule has 2 aromatic carbocycles. The summed E-state index contributed by atoms with van der Waals surface area (Å²) in [4.78, 5) is 36.3. The van der Waals surface area contributed by atoms with Crippen LogP contribution in [0.4, 0.5) is 0 Å². The number of fused-ring (bicyclic) bond motifs is 1. The Kier molecular flexibility index (Phi) is 6.51. The normalized spacial score (nSPS) is 12.8. The molecule has 1 amide bonds. The van der Waals surface area contributed by atoms with E-state index >= 15 is 0 Å². The molecule has 1 unspecified atom stereocenters. The van der Waals surface area contributed by atoms with E-state index in [0.29, 0.717) is 17.8 Å². The maximum Gasteiger partial charge on any atom is 0.336 e. The van der Waals surface area contributed by atoms with Crippen molar-refractivity contribution in [1.82, 2.24) is 5.32 Å². The fraction of sp³-hybridized carbons (Fsp3) is 0.261. The number of rotatable bonds is 7. The molecule has 0 radical (unpaired) electrons. The van der Waals surface area contributed by atoms with E-state index in [0.717, 1.165) is 16.5 Å². The molecule has 0 saturated heterocycles. The summed E-state index contributed by atoms with van der Waals surface area (Å²) in [6, 6.07) is 14.9. The average molecular weight is 409 g/mol. The van der Waals surface area contributed by atoms with Gasteiger partial charge in [0, 0.05) is 23.9 Å². The lowest BCUT2D eigenvalue weighted by Gasteiger charge is -2.20. The molecular weight excluding hydrogens is 386 g/mol. The molecule has 0 aliphatic carbocycles. The molecule has 0 bridgehead atoms. The molecule has 0 aliphatic rings. The lowest BCUT2D eigenvalue weighted by atomic mass is 10.1. The van der Waals surface area contributed by atoms with Crippen LogP contribution in [0.5, 0.6) is 5.75 Å². The van der Waals surface area contributed by atoms with Crippen molar-refractivity contribution in [2.75, 3.05) is 7.11 Å². The van der Waals surface area contributed by atoms with Gasteiger partial charge >= 0.3 is 11.6 Å². The number of carbonyl (C=O) groups excluding carboxylic acids is 2. The molecule has 0 saturated carbocycles. The molecule has 30 heavy (non-hydrogen) atoms. The first-order valence-electron chi connectivity index (χ1n) is 9.50. The minimum absolute atomic E-state index is 0.298. The predicted molar refractivity (Wildman–Crippen MR) is 111 cm³/mol. The van der Waals surface area contributed by atoms with Gasteiger partial charge in [-0.2, -0.15) is 0 Å². The number of benzene rings is 2. The molecule has 1 heterocycles. The van der Waals surface area contributed by atoms with E-state index in [4.69, 9.17) is 13.9 Å². The topological polar surface area (TPSA) is 94.8 Å². The van der Waals surface area contributed by atoms with Crippen LogP contribution in [0.15, 0.2) is 63.8 Å². The van der Waals surface area contributed by atoms with Gasteiger partial charge in [-0.3, -0.25) is 4.79 Å². The van der Waals surface area contributed by atoms with Gasteiger partial charge in [0.2, 0.25) is 0 Å². The number of ether oxygens (including phenoxy) is 2. The Morgan fingerprint density at radius 3 is 2.53 bits per heavy atom. The van der Waals surface area contributed by atoms with Gasteiger partial charge in [-0.15, -0.1) is 0 Å². The molecular formula is C23H23NO6. The monoisotopic (exact) mass is 409 g/mol. The third-order valence-electron chi connectivity index (χ3n) is 4.69. The summed E-state index contributed by atoms with van der Waals surface area (Å²) in [6.07, 6.45) is -0.589. The first kappa shape index (κ1) is 21.1. The summed E-state index contributed by atoms with van der Waals surface area (Å²) >= 11 is 0. The quantitative estimate of drug-likeness (QED) is 0.476. The van der Waals surface area contributed by atoms with Crippen LogP contribution in [-0.4, -0.2) is 31.1 Å². The molecule has 156 valence electrons. The van der Waals surface area contributed by atoms with Crippen molar-refractivity contribution in [3.63, 3.8) is 0 Å². The summed E-state index contributed by atoms with van der Waals surface area (Å²) in [5, 5.41) is 3.46. The van der Waals surface area contributed by atoms with E-state index in [1.165, 1.54) is 13.2 Å². The van der Waals surface area contributed by atoms with Gasteiger partial charge in [0.15, 0.2) is 6.10 Å². The van der Waals surface area contributed by atoms with Crippen LogP contribution in [0.3, 0.4) is 0 Å². The number of esters is 1. The molecule has 2 atom stereocenters. The Hall–Kier alpha value is -3.61. The SMILES string of the molecule is COC(=O)[C@H](Cc1ccccc1)NC(=O)C(C)Oc1ccc2c(C)cc(=O)oc2c1. The Morgan fingerprint density at radius 2 is 1.83 bits per heavy atom. The number of amides is 1. The molecule has 0 aliphatic heterocycles. The van der Waals surface area contributed by atoms with Gasteiger partial charge in [-0.25, -0.2) is 9.59 Å². The standard InChI is InChI=1S/C23H23NO6/c1-14-11-21(25)30-20-13-17(9-10-18(14)20)29-15(2)22(26)24-19(23(27)28-3)12-16-7-5-4-6-8-16/h4-11,13,15,19H,12H2,1-3H3,(H,24,26)/t15?,19-/m0/s1. The van der Waals surface area contributed by atoms with Crippen LogP contribution >= 0.6 is 0 Å². The third kappa shape index (κ3) is 5.05. The number of methoxy groups -OCH3 is 1. The molecule has 1 aromatic heterocycles. The summed E-state index contributed by atoms with van der Waals surface area (Å²) in [6.45, 7) is 3.39. The minimum Gasteiger partial charge on any atom is -0.481 e. The second-order valence-corrected chi connectivity index (χ2v) is 6.94. The number of hydrogen-bond acceptors (Lipinski definition) is 6. The van der Waals surface area contributed by atoms with Crippen molar-refractivity contribution in [3.05, 3.63) is 76.1 Å². The van der Waals surface area contributed by atoms with Gasteiger partial charge in [0.05, 0.1) is 7.11 Å². The second-order valence-electron chi connectivity index (χ2n) is 6.94. The number of nitrogens with one attached hydrogen (secondary N) is 1. The van der Waals surface area contributed by atoms with Crippen LogP contribution < -0.4 is 15.7 Å². The summed E-state index contributed by atoms with van der Waals surface area (Å²) in [7, 11) is 1.28. The maximum atomic E-state index is 12.6. The van der Waals surface area contributed by atoms with E-state index in [1.54, 1.807) is 25.1 Å². The van der Waals surface area contributed by atoms with E-state index in [9.17, 15) is 14.4 Å². The fourth-order valence-electron chi connectivity index (χ4n) is 3.11. The van der Waals surface area contributed by atoms with Crippen molar-refractivity contribution in [2.24, 2.45) is 0 Å². The highest BCUT2D eigenvalue weighted by Crippen LogP contribution is 2.23. The average Bonchev–Trinajstić information content (AvgIpc) is 2.72. The molecule has 7 nitrogen and oxygen atoms in total. The molecule has 0 fully saturated rings. The Labute approximate surface area is 173 Å². The minimum atomic E-state index is -0.887. The van der Waals surface area contributed by atoms with E-state index < -0.39 is 29.6 Å². The summed E-state index contributed by atoms with van der Waals surface area (Å²) < 4.78 is 15.7. The lowest BCUT2D eigenvalue weighted by molar-refractivity contribution is -0.145. The molecule has 0 spiro atoms. The Bertz CT molecular complexity index is 1110. The zero-order chi connectivity index (χ0) is 21.7. The van der Waals surface area contributed by atoms with Gasteiger partial charge in [0.25, 0.3) is 5.91 Å². The van der Waals surface area contributed by atoms with Crippen LogP contribution in [0, 0.1) is 6.92 Å². The van der Waals surface area contributed by atoms with Crippen LogP contribution in [0.25, 0.3) is 11.0 Å². The van der Waals surface area contributed by atoms with Gasteiger partial charge in [0.1, 0.15) is 17.4 Å². The van der Waals surface area contributed by atoms with Gasteiger partial charge < -0.3 is 19.2 Å². The van der Waals surface area contributed by atoms with E-state index in [1.807, 2.05) is 37.3 Å². The summed E-state index contributed by atoms with van der Waals surface area (Å²) in [5.74, 6) is -0.633. The highest BCUT2D eigenvalue weighted by Gasteiger charge is 2.25. The maximum absolute atomic E-state index is 12.6. The van der Waals surface area contributed by atoms with Gasteiger partial charge in [-0.05, 0) is 37.1 Å². The molecule has 3 aromatic rings. The fourth-order valence-corrected chi connectivity index (χ4v) is 3.11. The second kappa shape index (κ2) is 9.26. The predicted octanol–water partition coefficient (Wildman–Crippen LogP) is 2.77. The van der Waals surface area contributed by atoms with Crippen molar-refractivity contribution in [1.29, 1.82) is 0 Å². The number of hydrogen-bond donors (Lipinski definition) is 1. The van der Waals surface area contributed by atoms with E-state index in [-0.39, 0.29) is 0 Å². The van der Waals surface area contributed by atoms with Crippen molar-refractivity contribution >= 4 is 22.8 Å². The molecule has 1 N–H and O–H groups in total. The van der Waals surface area contributed by atoms with Crippen LogP contribution in [-0.2, 0) is 20.7 Å². The molecule has 7 heteroatoms. The first-order chi connectivity index (χ1) is 14.4. The lowest BCUT2D eigenvalue weighted by Crippen LogP contribution is -2.47.